The number of fused-ring (bicyclic) bond motifs is 2. The highest BCUT2D eigenvalue weighted by atomic mass is 19.1. The van der Waals surface area contributed by atoms with Crippen LogP contribution in [0.1, 0.15) is 51.6 Å². The minimum Gasteiger partial charge on any atom is -0.462 e. The number of aryl methyl sites for hydroxylation is 1. The van der Waals surface area contributed by atoms with Gasteiger partial charge in [-0.05, 0) is 93.9 Å². The van der Waals surface area contributed by atoms with E-state index in [9.17, 15) is 14.0 Å². The van der Waals surface area contributed by atoms with Gasteiger partial charge in [-0.25, -0.2) is 9.18 Å². The maximum atomic E-state index is 13.6. The number of carbonyl (C=O) groups is 2. The van der Waals surface area contributed by atoms with E-state index in [1.165, 1.54) is 12.1 Å². The SMILES string of the molecule is CCOC(=O)N[C@H]1CC[C@@H]2[C@@H](C1)C[C@H]1C(=O)O[C@H](C)[C@H]1[C@H]2CCc1ccc(-c2cccc(F)c2)cn1. The molecule has 0 radical (unpaired) electrons. The Hall–Kier alpha value is -2.96. The van der Waals surface area contributed by atoms with Crippen LogP contribution in [-0.2, 0) is 20.7 Å². The lowest BCUT2D eigenvalue weighted by atomic mass is 9.56. The third-order valence-corrected chi connectivity index (χ3v) is 8.57. The van der Waals surface area contributed by atoms with Crippen molar-refractivity contribution in [2.45, 2.75) is 64.5 Å². The molecule has 1 N–H and O–H groups in total. The Morgan fingerprint density at radius 3 is 2.81 bits per heavy atom. The summed E-state index contributed by atoms with van der Waals surface area (Å²) in [6, 6.07) is 10.7. The van der Waals surface area contributed by atoms with Crippen molar-refractivity contribution in [1.82, 2.24) is 10.3 Å². The van der Waals surface area contributed by atoms with Gasteiger partial charge in [0.1, 0.15) is 11.9 Å². The number of aromatic nitrogens is 1. The number of benzene rings is 1. The normalized spacial score (nSPS) is 31.2. The molecule has 3 fully saturated rings. The zero-order chi connectivity index (χ0) is 25.2. The average molecular weight is 495 g/mol. The summed E-state index contributed by atoms with van der Waals surface area (Å²) >= 11 is 0. The molecule has 36 heavy (non-hydrogen) atoms. The van der Waals surface area contributed by atoms with Gasteiger partial charge in [-0.15, -0.1) is 0 Å². The molecule has 1 aromatic heterocycles. The number of alkyl carbamates (subject to hydrolysis) is 1. The number of carbonyl (C=O) groups excluding carboxylic acids is 2. The summed E-state index contributed by atoms with van der Waals surface area (Å²) in [5.74, 6) is 1.13. The van der Waals surface area contributed by atoms with E-state index in [-0.39, 0.29) is 41.9 Å². The number of nitrogens with one attached hydrogen (secondary N) is 1. The molecule has 0 unspecified atom stereocenters. The molecule has 0 bridgehead atoms. The molecule has 7 heteroatoms. The van der Waals surface area contributed by atoms with Crippen molar-refractivity contribution in [1.29, 1.82) is 0 Å². The quantitative estimate of drug-likeness (QED) is 0.533. The van der Waals surface area contributed by atoms with Gasteiger partial charge in [0, 0.05) is 29.4 Å². The molecule has 192 valence electrons. The monoisotopic (exact) mass is 494 g/mol. The van der Waals surface area contributed by atoms with Crippen LogP contribution >= 0.6 is 0 Å². The van der Waals surface area contributed by atoms with E-state index < -0.39 is 0 Å². The van der Waals surface area contributed by atoms with Gasteiger partial charge in [-0.1, -0.05) is 18.2 Å². The fraction of sp³-hybridized carbons (Fsp3) is 0.552. The van der Waals surface area contributed by atoms with E-state index in [0.717, 1.165) is 55.3 Å². The van der Waals surface area contributed by atoms with E-state index in [0.29, 0.717) is 24.4 Å². The molecule has 0 spiro atoms. The average Bonchev–Trinajstić information content (AvgIpc) is 3.15. The van der Waals surface area contributed by atoms with Crippen molar-refractivity contribution in [3.63, 3.8) is 0 Å². The summed E-state index contributed by atoms with van der Waals surface area (Å²) in [5, 5.41) is 3.02. The molecule has 2 saturated carbocycles. The molecular weight excluding hydrogens is 459 g/mol. The van der Waals surface area contributed by atoms with Gasteiger partial charge in [0.15, 0.2) is 0 Å². The van der Waals surface area contributed by atoms with Gasteiger partial charge >= 0.3 is 12.1 Å². The van der Waals surface area contributed by atoms with Crippen LogP contribution in [0.25, 0.3) is 11.1 Å². The first-order chi connectivity index (χ1) is 17.4. The predicted octanol–water partition coefficient (Wildman–Crippen LogP) is 5.55. The maximum absolute atomic E-state index is 13.6. The van der Waals surface area contributed by atoms with Crippen LogP contribution in [0.4, 0.5) is 9.18 Å². The third kappa shape index (κ3) is 5.11. The number of hydrogen-bond donors (Lipinski definition) is 1. The molecule has 7 atom stereocenters. The van der Waals surface area contributed by atoms with Crippen molar-refractivity contribution < 1.29 is 23.5 Å². The third-order valence-electron chi connectivity index (χ3n) is 8.57. The summed E-state index contributed by atoms with van der Waals surface area (Å²) in [5.41, 5.74) is 2.71. The van der Waals surface area contributed by atoms with E-state index in [4.69, 9.17) is 9.47 Å². The van der Waals surface area contributed by atoms with Crippen LogP contribution in [0, 0.1) is 35.4 Å². The second-order valence-electron chi connectivity index (χ2n) is 10.6. The Labute approximate surface area is 212 Å². The molecule has 3 aliphatic rings. The number of cyclic esters (lactones) is 1. The molecular formula is C29H35FN2O4. The van der Waals surface area contributed by atoms with E-state index in [1.54, 1.807) is 13.0 Å². The molecule has 1 saturated heterocycles. The highest BCUT2D eigenvalue weighted by molar-refractivity contribution is 5.75. The first kappa shape index (κ1) is 24.7. The van der Waals surface area contributed by atoms with Gasteiger partial charge in [-0.2, -0.15) is 0 Å². The molecule has 2 aliphatic carbocycles. The van der Waals surface area contributed by atoms with Crippen molar-refractivity contribution in [2.24, 2.45) is 29.6 Å². The number of ether oxygens (including phenoxy) is 2. The van der Waals surface area contributed by atoms with Crippen LogP contribution in [0.2, 0.25) is 0 Å². The summed E-state index contributed by atoms with van der Waals surface area (Å²) in [4.78, 5) is 29.3. The molecule has 1 aromatic carbocycles. The lowest BCUT2D eigenvalue weighted by Gasteiger charge is -2.48. The number of hydrogen-bond acceptors (Lipinski definition) is 5. The number of rotatable bonds is 6. The highest BCUT2D eigenvalue weighted by Gasteiger charge is 2.55. The largest absolute Gasteiger partial charge is 0.462 e. The molecule has 5 rings (SSSR count). The molecule has 1 aliphatic heterocycles. The number of nitrogens with zero attached hydrogens (tertiary/aromatic N) is 1. The molecule has 2 heterocycles. The van der Waals surface area contributed by atoms with Crippen LogP contribution in [-0.4, -0.2) is 35.8 Å². The minimum absolute atomic E-state index is 0.0593. The van der Waals surface area contributed by atoms with Crippen molar-refractivity contribution in [3.8, 4) is 11.1 Å². The number of halogens is 1. The van der Waals surface area contributed by atoms with E-state index in [2.05, 4.69) is 10.3 Å². The van der Waals surface area contributed by atoms with Crippen molar-refractivity contribution in [2.75, 3.05) is 6.61 Å². The maximum Gasteiger partial charge on any atom is 0.407 e. The number of esters is 1. The van der Waals surface area contributed by atoms with Gasteiger partial charge in [0.25, 0.3) is 0 Å². The zero-order valence-electron chi connectivity index (χ0n) is 21.0. The number of amides is 1. The Kier molecular flexibility index (Phi) is 7.26. The standard InChI is InChI=1S/C29H35FN2O4/c1-3-35-29(34)32-23-10-11-24-20(14-23)15-26-27(17(2)36-28(26)33)25(24)12-9-22-8-7-19(16-31-22)18-5-4-6-21(30)13-18/h4-8,13,16-17,20,23-27H,3,9-12,14-15H2,1-2H3,(H,32,34)/t17-,20+,23+,24-,25+,26-,27+/m1/s1. The molecule has 2 aromatic rings. The molecule has 1 amide bonds. The van der Waals surface area contributed by atoms with Gasteiger partial charge in [0.05, 0.1) is 12.5 Å². The van der Waals surface area contributed by atoms with E-state index in [1.807, 2.05) is 31.3 Å². The summed E-state index contributed by atoms with van der Waals surface area (Å²) in [7, 11) is 0. The predicted molar refractivity (Wildman–Crippen MR) is 133 cm³/mol. The Morgan fingerprint density at radius 1 is 1.19 bits per heavy atom. The Bertz CT molecular complexity index is 1090. The second kappa shape index (κ2) is 10.6. The van der Waals surface area contributed by atoms with Crippen molar-refractivity contribution >= 4 is 12.1 Å². The summed E-state index contributed by atoms with van der Waals surface area (Å²) in [6.07, 6.45) is 6.85. The fourth-order valence-electron chi connectivity index (χ4n) is 7.07. The van der Waals surface area contributed by atoms with Gasteiger partial charge < -0.3 is 14.8 Å². The smallest absolute Gasteiger partial charge is 0.407 e. The van der Waals surface area contributed by atoms with E-state index >= 15 is 0 Å². The highest BCUT2D eigenvalue weighted by Crippen LogP contribution is 2.54. The lowest BCUT2D eigenvalue weighted by molar-refractivity contribution is -0.144. The minimum atomic E-state index is -0.354. The molecule has 6 nitrogen and oxygen atoms in total. The summed E-state index contributed by atoms with van der Waals surface area (Å²) < 4.78 is 24.4. The number of pyridine rings is 1. The first-order valence-electron chi connectivity index (χ1n) is 13.3. The Balaban J connectivity index is 1.28. The first-order valence-corrected chi connectivity index (χ1v) is 13.3. The second-order valence-corrected chi connectivity index (χ2v) is 10.6. The van der Waals surface area contributed by atoms with Crippen LogP contribution in [0.15, 0.2) is 42.6 Å². The zero-order valence-corrected chi connectivity index (χ0v) is 21.0. The Morgan fingerprint density at radius 2 is 2.06 bits per heavy atom. The van der Waals surface area contributed by atoms with Gasteiger partial charge in [-0.3, -0.25) is 9.78 Å². The van der Waals surface area contributed by atoms with Crippen LogP contribution < -0.4 is 5.32 Å². The lowest BCUT2D eigenvalue weighted by Crippen LogP contribution is -2.49. The topological polar surface area (TPSA) is 77.5 Å². The fourth-order valence-corrected chi connectivity index (χ4v) is 7.07. The van der Waals surface area contributed by atoms with Crippen LogP contribution in [0.5, 0.6) is 0 Å². The van der Waals surface area contributed by atoms with Gasteiger partial charge in [0.2, 0.25) is 0 Å². The van der Waals surface area contributed by atoms with Crippen molar-refractivity contribution in [3.05, 3.63) is 54.1 Å². The van der Waals surface area contributed by atoms with Crippen LogP contribution in [0.3, 0.4) is 0 Å². The summed E-state index contributed by atoms with van der Waals surface area (Å²) in [6.45, 7) is 4.20.